The number of nitrogens with one attached hydrogen (secondary N) is 1. The van der Waals surface area contributed by atoms with Crippen molar-refractivity contribution in [2.24, 2.45) is 0 Å². The molecule has 2 aromatic carbocycles. The first-order valence-corrected chi connectivity index (χ1v) is 11.3. The Balaban J connectivity index is 1.89. The van der Waals surface area contributed by atoms with E-state index in [0.29, 0.717) is 33.1 Å². The third-order valence-electron chi connectivity index (χ3n) is 4.79. The Kier molecular flexibility index (Phi) is 11.0. The van der Waals surface area contributed by atoms with E-state index in [0.717, 1.165) is 17.7 Å². The fourth-order valence-electron chi connectivity index (χ4n) is 3.06. The lowest BCUT2D eigenvalue weighted by Gasteiger charge is -2.15. The highest BCUT2D eigenvalue weighted by atomic mass is 35.5. The highest BCUT2D eigenvalue weighted by Crippen LogP contribution is 2.35. The van der Waals surface area contributed by atoms with Crippen molar-refractivity contribution in [1.82, 2.24) is 5.32 Å². The Morgan fingerprint density at radius 3 is 2.24 bits per heavy atom. The van der Waals surface area contributed by atoms with Crippen molar-refractivity contribution in [2.45, 2.75) is 58.6 Å². The van der Waals surface area contributed by atoms with E-state index in [1.54, 1.807) is 31.4 Å². The molecule has 3 nitrogen and oxygen atoms in total. The summed E-state index contributed by atoms with van der Waals surface area (Å²) in [5, 5.41) is 5.24. The Labute approximate surface area is 189 Å². The topological polar surface area (TPSA) is 30.5 Å². The third kappa shape index (κ3) is 7.90. The molecule has 0 aliphatic carbocycles. The number of halogens is 3. The second-order valence-electron chi connectivity index (χ2n) is 7.03. The molecule has 6 heteroatoms. The molecule has 2 aromatic rings. The molecule has 0 spiro atoms. The minimum absolute atomic E-state index is 0.237. The Bertz CT molecular complexity index is 748. The van der Waals surface area contributed by atoms with Gasteiger partial charge in [0.2, 0.25) is 0 Å². The molecular formula is C23H30Cl3NO2. The van der Waals surface area contributed by atoms with Crippen LogP contribution in [0, 0.1) is 0 Å². The van der Waals surface area contributed by atoms with Gasteiger partial charge >= 0.3 is 0 Å². The Morgan fingerprint density at radius 1 is 0.862 bits per heavy atom. The molecule has 0 amide bonds. The third-order valence-corrected chi connectivity index (χ3v) is 5.85. The van der Waals surface area contributed by atoms with E-state index in [-0.39, 0.29) is 6.61 Å². The zero-order valence-electron chi connectivity index (χ0n) is 17.2. The predicted molar refractivity (Wildman–Crippen MR) is 124 cm³/mol. The van der Waals surface area contributed by atoms with Gasteiger partial charge in [0.15, 0.2) is 11.5 Å². The van der Waals surface area contributed by atoms with Crippen molar-refractivity contribution < 1.29 is 9.47 Å². The number of unbranched alkanes of at least 4 members (excludes halogenated alkanes) is 5. The van der Waals surface area contributed by atoms with Crippen LogP contribution in [0.25, 0.3) is 0 Å². The van der Waals surface area contributed by atoms with Crippen molar-refractivity contribution in [1.29, 1.82) is 0 Å². The molecule has 0 saturated carbocycles. The molecule has 0 fully saturated rings. The summed E-state index contributed by atoms with van der Waals surface area (Å²) in [7, 11) is 1.62. The van der Waals surface area contributed by atoms with Crippen molar-refractivity contribution in [3.05, 3.63) is 56.5 Å². The van der Waals surface area contributed by atoms with Gasteiger partial charge in [0.1, 0.15) is 6.61 Å². The van der Waals surface area contributed by atoms with Crippen LogP contribution in [-0.4, -0.2) is 13.7 Å². The zero-order chi connectivity index (χ0) is 21.1. The molecule has 0 bridgehead atoms. The quantitative estimate of drug-likeness (QED) is 0.312. The van der Waals surface area contributed by atoms with Crippen molar-refractivity contribution in [2.75, 3.05) is 13.7 Å². The minimum Gasteiger partial charge on any atom is -0.493 e. The van der Waals surface area contributed by atoms with Crippen LogP contribution >= 0.6 is 34.8 Å². The standard InChI is InChI=1S/C23H30Cl3NO2/c1-3-4-5-6-7-8-12-27-15-17-13-22(28-2)23(14-21(17)26)29-16-18-19(24)10-9-11-20(18)25/h9-11,13-14,27H,3-8,12,15-16H2,1-2H3. The molecule has 2 rings (SSSR count). The fourth-order valence-corrected chi connectivity index (χ4v) is 3.79. The largest absolute Gasteiger partial charge is 0.493 e. The van der Waals surface area contributed by atoms with Gasteiger partial charge in [0.05, 0.1) is 7.11 Å². The van der Waals surface area contributed by atoms with E-state index in [4.69, 9.17) is 44.3 Å². The first-order chi connectivity index (χ1) is 14.1. The SMILES string of the molecule is CCCCCCCCNCc1cc(OC)c(OCc2c(Cl)cccc2Cl)cc1Cl. The van der Waals surface area contributed by atoms with Crippen LogP contribution in [-0.2, 0) is 13.2 Å². The van der Waals surface area contributed by atoms with Gasteiger partial charge in [-0.15, -0.1) is 0 Å². The second-order valence-corrected chi connectivity index (χ2v) is 8.25. The average Bonchev–Trinajstić information content (AvgIpc) is 2.70. The predicted octanol–water partition coefficient (Wildman–Crippen LogP) is 7.68. The van der Waals surface area contributed by atoms with E-state index in [2.05, 4.69) is 12.2 Å². The highest BCUT2D eigenvalue weighted by Gasteiger charge is 2.13. The normalized spacial score (nSPS) is 10.9. The van der Waals surface area contributed by atoms with Crippen LogP contribution in [0.3, 0.4) is 0 Å². The van der Waals surface area contributed by atoms with Crippen LogP contribution in [0.1, 0.15) is 56.6 Å². The van der Waals surface area contributed by atoms with E-state index in [1.165, 1.54) is 38.5 Å². The van der Waals surface area contributed by atoms with E-state index < -0.39 is 0 Å². The van der Waals surface area contributed by atoms with Crippen LogP contribution in [0.5, 0.6) is 11.5 Å². The Morgan fingerprint density at radius 2 is 1.55 bits per heavy atom. The summed E-state index contributed by atoms with van der Waals surface area (Å²) in [6.45, 7) is 4.15. The van der Waals surface area contributed by atoms with Gasteiger partial charge in [0.25, 0.3) is 0 Å². The highest BCUT2D eigenvalue weighted by molar-refractivity contribution is 6.36. The molecule has 0 unspecified atom stereocenters. The summed E-state index contributed by atoms with van der Waals surface area (Å²) in [5.41, 5.74) is 1.72. The van der Waals surface area contributed by atoms with Crippen LogP contribution in [0.2, 0.25) is 15.1 Å². The minimum atomic E-state index is 0.237. The first-order valence-electron chi connectivity index (χ1n) is 10.2. The summed E-state index contributed by atoms with van der Waals surface area (Å²) in [5.74, 6) is 1.20. The second kappa shape index (κ2) is 13.2. The lowest BCUT2D eigenvalue weighted by molar-refractivity contribution is 0.284. The number of ether oxygens (including phenoxy) is 2. The summed E-state index contributed by atoms with van der Waals surface area (Å²) < 4.78 is 11.4. The maximum atomic E-state index is 6.47. The van der Waals surface area contributed by atoms with Gasteiger partial charge in [-0.25, -0.2) is 0 Å². The summed E-state index contributed by atoms with van der Waals surface area (Å²) in [6.07, 6.45) is 7.70. The molecule has 1 N–H and O–H groups in total. The van der Waals surface area contributed by atoms with Gasteiger partial charge in [-0.2, -0.15) is 0 Å². The Hall–Kier alpha value is -1.13. The number of methoxy groups -OCH3 is 1. The number of benzene rings is 2. The van der Waals surface area contributed by atoms with Crippen molar-refractivity contribution in [3.63, 3.8) is 0 Å². The number of hydrogen-bond donors (Lipinski definition) is 1. The van der Waals surface area contributed by atoms with Crippen molar-refractivity contribution in [3.8, 4) is 11.5 Å². The lowest BCUT2D eigenvalue weighted by Crippen LogP contribution is -2.15. The average molecular weight is 459 g/mol. The van der Waals surface area contributed by atoms with Gasteiger partial charge < -0.3 is 14.8 Å². The van der Waals surface area contributed by atoms with Gasteiger partial charge in [-0.1, -0.05) is 79.9 Å². The van der Waals surface area contributed by atoms with Gasteiger partial charge in [0, 0.05) is 33.2 Å². The lowest BCUT2D eigenvalue weighted by atomic mass is 10.1. The summed E-state index contributed by atoms with van der Waals surface area (Å²) >= 11 is 18.9. The molecule has 0 heterocycles. The summed E-state index contributed by atoms with van der Waals surface area (Å²) in [6, 6.07) is 9.08. The molecule has 0 aromatic heterocycles. The van der Waals surface area contributed by atoms with Crippen LogP contribution in [0.4, 0.5) is 0 Å². The number of rotatable bonds is 13. The molecule has 0 radical (unpaired) electrons. The molecule has 0 aliphatic rings. The molecule has 0 aliphatic heterocycles. The van der Waals surface area contributed by atoms with Crippen molar-refractivity contribution >= 4 is 34.8 Å². The van der Waals surface area contributed by atoms with Gasteiger partial charge in [-0.3, -0.25) is 0 Å². The first kappa shape index (κ1) is 24.1. The molecule has 29 heavy (non-hydrogen) atoms. The molecule has 160 valence electrons. The number of hydrogen-bond acceptors (Lipinski definition) is 3. The van der Waals surface area contributed by atoms with E-state index in [9.17, 15) is 0 Å². The van der Waals surface area contributed by atoms with Crippen LogP contribution < -0.4 is 14.8 Å². The van der Waals surface area contributed by atoms with E-state index >= 15 is 0 Å². The molecule has 0 saturated heterocycles. The molecular weight excluding hydrogens is 429 g/mol. The van der Waals surface area contributed by atoms with Crippen LogP contribution in [0.15, 0.2) is 30.3 Å². The van der Waals surface area contributed by atoms with Gasteiger partial charge in [-0.05, 0) is 36.7 Å². The zero-order valence-corrected chi connectivity index (χ0v) is 19.5. The molecule has 0 atom stereocenters. The maximum absolute atomic E-state index is 6.47. The van der Waals surface area contributed by atoms with E-state index in [1.807, 2.05) is 6.07 Å². The monoisotopic (exact) mass is 457 g/mol. The fraction of sp³-hybridized carbons (Fsp3) is 0.478. The maximum Gasteiger partial charge on any atom is 0.163 e. The smallest absolute Gasteiger partial charge is 0.163 e. The summed E-state index contributed by atoms with van der Waals surface area (Å²) in [4.78, 5) is 0.